The predicted molar refractivity (Wildman–Crippen MR) is 136 cm³/mol. The van der Waals surface area contributed by atoms with E-state index in [1.165, 1.54) is 9.13 Å². The van der Waals surface area contributed by atoms with E-state index in [-0.39, 0.29) is 18.2 Å². The van der Waals surface area contributed by atoms with Crippen LogP contribution in [0.15, 0.2) is 52.2 Å². The van der Waals surface area contributed by atoms with E-state index in [1.54, 1.807) is 29.9 Å². The maximum Gasteiger partial charge on any atom is 0.332 e. The Morgan fingerprint density at radius 1 is 1.15 bits per heavy atom. The van der Waals surface area contributed by atoms with Crippen LogP contribution in [0.1, 0.15) is 37.4 Å². The molecule has 3 heterocycles. The Morgan fingerprint density at radius 3 is 2.62 bits per heavy atom. The minimum atomic E-state index is -0.395. The van der Waals surface area contributed by atoms with Gasteiger partial charge in [-0.2, -0.15) is 4.98 Å². The van der Waals surface area contributed by atoms with E-state index in [4.69, 9.17) is 16.3 Å². The van der Waals surface area contributed by atoms with Gasteiger partial charge in [-0.05, 0) is 42.2 Å². The number of hydrogen-bond acceptors (Lipinski definition) is 5. The molecular formula is C24H27BClN5O3. The number of ether oxygens (including phenoxy) is 1. The molecule has 34 heavy (non-hydrogen) atoms. The molecule has 0 unspecified atom stereocenters. The summed E-state index contributed by atoms with van der Waals surface area (Å²) < 4.78 is 10.5. The summed E-state index contributed by atoms with van der Waals surface area (Å²) in [4.78, 5) is 35.3. The number of pyridine rings is 1. The number of imidazole rings is 1. The van der Waals surface area contributed by atoms with E-state index >= 15 is 0 Å². The van der Waals surface area contributed by atoms with Gasteiger partial charge in [0.05, 0.1) is 17.3 Å². The lowest BCUT2D eigenvalue weighted by molar-refractivity contribution is 0.419. The third-order valence-corrected chi connectivity index (χ3v) is 6.00. The average molecular weight is 480 g/mol. The van der Waals surface area contributed by atoms with Crippen LogP contribution in [0.5, 0.6) is 11.8 Å². The Labute approximate surface area is 203 Å². The SMILES string of the molecule is BCCCn1c(=O)c2c(nc(Oc3cccc(C(C)C)c3)n2Cc2ccc(Cl)cn2)n(C)c1=O. The van der Waals surface area contributed by atoms with Gasteiger partial charge in [-0.25, -0.2) is 4.79 Å². The normalized spacial score (nSPS) is 11.4. The van der Waals surface area contributed by atoms with Crippen LogP contribution in [0.3, 0.4) is 0 Å². The monoisotopic (exact) mass is 479 g/mol. The largest absolute Gasteiger partial charge is 0.425 e. The number of fused-ring (bicyclic) bond motifs is 1. The van der Waals surface area contributed by atoms with Gasteiger partial charge < -0.3 is 4.74 Å². The zero-order valence-electron chi connectivity index (χ0n) is 19.8. The smallest absolute Gasteiger partial charge is 0.332 e. The maximum absolute atomic E-state index is 13.5. The fourth-order valence-corrected chi connectivity index (χ4v) is 3.91. The summed E-state index contributed by atoms with van der Waals surface area (Å²) in [5.41, 5.74) is 1.58. The van der Waals surface area contributed by atoms with Gasteiger partial charge in [-0.15, -0.1) is 0 Å². The Hall–Kier alpha value is -3.33. The van der Waals surface area contributed by atoms with Crippen LogP contribution >= 0.6 is 11.6 Å². The van der Waals surface area contributed by atoms with E-state index in [1.807, 2.05) is 32.1 Å². The van der Waals surface area contributed by atoms with E-state index in [0.717, 1.165) is 18.3 Å². The first-order valence-electron chi connectivity index (χ1n) is 11.4. The van der Waals surface area contributed by atoms with Crippen molar-refractivity contribution in [3.63, 3.8) is 0 Å². The van der Waals surface area contributed by atoms with Crippen molar-refractivity contribution in [3.8, 4) is 11.8 Å². The molecule has 0 atom stereocenters. The highest BCUT2D eigenvalue weighted by molar-refractivity contribution is 6.30. The van der Waals surface area contributed by atoms with Gasteiger partial charge in [-0.1, -0.05) is 43.9 Å². The van der Waals surface area contributed by atoms with Gasteiger partial charge in [-0.3, -0.25) is 23.5 Å². The summed E-state index contributed by atoms with van der Waals surface area (Å²) in [5.74, 6) is 0.926. The second-order valence-corrected chi connectivity index (χ2v) is 9.04. The first kappa shape index (κ1) is 23.8. The van der Waals surface area contributed by atoms with E-state index in [2.05, 4.69) is 23.8 Å². The van der Waals surface area contributed by atoms with Crippen LogP contribution in [0, 0.1) is 0 Å². The molecule has 0 radical (unpaired) electrons. The topological polar surface area (TPSA) is 83.9 Å². The maximum atomic E-state index is 13.5. The first-order chi connectivity index (χ1) is 16.3. The minimum Gasteiger partial charge on any atom is -0.425 e. The zero-order valence-corrected chi connectivity index (χ0v) is 20.5. The lowest BCUT2D eigenvalue weighted by Crippen LogP contribution is -2.39. The van der Waals surface area contributed by atoms with Crippen molar-refractivity contribution < 1.29 is 4.74 Å². The number of aromatic nitrogens is 5. The third-order valence-electron chi connectivity index (χ3n) is 5.78. The molecule has 1 aromatic carbocycles. The van der Waals surface area contributed by atoms with Crippen LogP contribution in [-0.2, 0) is 20.1 Å². The summed E-state index contributed by atoms with van der Waals surface area (Å²) in [6.07, 6.45) is 3.14. The highest BCUT2D eigenvalue weighted by Crippen LogP contribution is 2.27. The molecule has 0 spiro atoms. The standard InChI is InChI=1S/C24H27BClN5O3/c1-15(2)16-6-4-7-19(12-16)34-23-28-21-20(31(23)14-18-9-8-17(26)13-27-18)22(32)30(11-5-10-25)24(33)29(21)3/h4,6-9,12-13,15H,5,10-11,14,25H2,1-3H3. The molecule has 0 amide bonds. The molecular weight excluding hydrogens is 453 g/mol. The number of rotatable bonds is 8. The minimum absolute atomic E-state index is 0.216. The Morgan fingerprint density at radius 2 is 1.94 bits per heavy atom. The van der Waals surface area contributed by atoms with Gasteiger partial charge in [0.25, 0.3) is 5.56 Å². The molecule has 0 N–H and O–H groups in total. The van der Waals surface area contributed by atoms with Gasteiger partial charge in [0, 0.05) is 19.8 Å². The highest BCUT2D eigenvalue weighted by Gasteiger charge is 2.22. The number of aryl methyl sites for hydroxylation is 1. The summed E-state index contributed by atoms with van der Waals surface area (Å²) in [6, 6.07) is 11.5. The van der Waals surface area contributed by atoms with E-state index in [9.17, 15) is 9.59 Å². The van der Waals surface area contributed by atoms with Crippen LogP contribution in [0.25, 0.3) is 11.2 Å². The van der Waals surface area contributed by atoms with Crippen molar-refractivity contribution in [1.29, 1.82) is 0 Å². The number of benzene rings is 1. The lowest BCUT2D eigenvalue weighted by atomic mass is 10.0. The molecule has 0 fully saturated rings. The lowest BCUT2D eigenvalue weighted by Gasteiger charge is -2.12. The molecule has 0 saturated heterocycles. The average Bonchev–Trinajstić information content (AvgIpc) is 3.17. The van der Waals surface area contributed by atoms with Gasteiger partial charge in [0.1, 0.15) is 13.6 Å². The van der Waals surface area contributed by atoms with E-state index < -0.39 is 11.2 Å². The predicted octanol–water partition coefficient (Wildman–Crippen LogP) is 3.35. The molecule has 4 aromatic rings. The second kappa shape index (κ2) is 9.89. The molecule has 8 nitrogen and oxygen atoms in total. The molecule has 0 bridgehead atoms. The molecule has 4 rings (SSSR count). The molecule has 0 aliphatic heterocycles. The van der Waals surface area contributed by atoms with Crippen molar-refractivity contribution >= 4 is 30.6 Å². The first-order valence-corrected chi connectivity index (χ1v) is 11.8. The summed E-state index contributed by atoms with van der Waals surface area (Å²) >= 11 is 6.00. The molecule has 176 valence electrons. The van der Waals surface area contributed by atoms with Crippen molar-refractivity contribution in [1.82, 2.24) is 23.7 Å². The summed E-state index contributed by atoms with van der Waals surface area (Å²) in [7, 11) is 3.63. The Balaban J connectivity index is 1.91. The summed E-state index contributed by atoms with van der Waals surface area (Å²) in [6.45, 7) is 4.78. The zero-order chi connectivity index (χ0) is 24.4. The molecule has 10 heteroatoms. The van der Waals surface area contributed by atoms with Crippen molar-refractivity contribution in [2.75, 3.05) is 0 Å². The summed E-state index contributed by atoms with van der Waals surface area (Å²) in [5, 5.41) is 0.519. The van der Waals surface area contributed by atoms with Crippen molar-refractivity contribution in [2.24, 2.45) is 7.05 Å². The van der Waals surface area contributed by atoms with Crippen LogP contribution in [0.2, 0.25) is 11.3 Å². The fraction of sp³-hybridized carbons (Fsp3) is 0.333. The van der Waals surface area contributed by atoms with Gasteiger partial charge >= 0.3 is 11.7 Å². The van der Waals surface area contributed by atoms with E-state index in [0.29, 0.717) is 34.4 Å². The fourth-order valence-electron chi connectivity index (χ4n) is 3.79. The third kappa shape index (κ3) is 4.66. The quantitative estimate of drug-likeness (QED) is 0.362. The Bertz CT molecular complexity index is 1440. The van der Waals surface area contributed by atoms with Crippen molar-refractivity contribution in [2.45, 2.75) is 45.6 Å². The van der Waals surface area contributed by atoms with Crippen molar-refractivity contribution in [3.05, 3.63) is 79.7 Å². The van der Waals surface area contributed by atoms with Crippen LogP contribution in [-0.4, -0.2) is 31.5 Å². The highest BCUT2D eigenvalue weighted by atomic mass is 35.5. The molecule has 0 aliphatic rings. The van der Waals surface area contributed by atoms with Gasteiger partial charge in [0.2, 0.25) is 0 Å². The van der Waals surface area contributed by atoms with Crippen LogP contribution in [0.4, 0.5) is 0 Å². The van der Waals surface area contributed by atoms with Crippen LogP contribution < -0.4 is 16.0 Å². The molecule has 0 saturated carbocycles. The number of halogens is 1. The van der Waals surface area contributed by atoms with Gasteiger partial charge in [0.15, 0.2) is 11.2 Å². The number of nitrogens with zero attached hydrogens (tertiary/aromatic N) is 5. The molecule has 0 aliphatic carbocycles. The molecule has 3 aromatic heterocycles. The second-order valence-electron chi connectivity index (χ2n) is 8.60. The number of hydrogen-bond donors (Lipinski definition) is 0. The Kier molecular flexibility index (Phi) is 6.93.